The van der Waals surface area contributed by atoms with Crippen LogP contribution in [0.25, 0.3) is 56.0 Å². The number of halogens is 1. The van der Waals surface area contributed by atoms with Gasteiger partial charge in [0, 0.05) is 41.0 Å². The van der Waals surface area contributed by atoms with Gasteiger partial charge in [0.2, 0.25) is 10.0 Å². The van der Waals surface area contributed by atoms with Crippen molar-refractivity contribution in [3.63, 3.8) is 0 Å². The maximum absolute atomic E-state index is 14.6. The molecule has 7 aromatic rings. The van der Waals surface area contributed by atoms with Crippen LogP contribution in [0.4, 0.5) is 10.1 Å². The largest absolute Gasteiger partial charge is 0.321 e. The van der Waals surface area contributed by atoms with Gasteiger partial charge in [-0.3, -0.25) is 19.9 Å². The number of nitrogens with one attached hydrogen (secondary N) is 4. The highest BCUT2D eigenvalue weighted by molar-refractivity contribution is 7.88. The van der Waals surface area contributed by atoms with Crippen LogP contribution in [0.15, 0.2) is 91.5 Å². The van der Waals surface area contributed by atoms with Crippen LogP contribution in [-0.4, -0.2) is 55.7 Å². The quantitative estimate of drug-likeness (QED) is 0.180. The highest BCUT2D eigenvalue weighted by atomic mass is 32.2. The molecule has 0 spiro atoms. The molecule has 5 aromatic heterocycles. The maximum atomic E-state index is 14.6. The summed E-state index contributed by atoms with van der Waals surface area (Å²) in [4.78, 5) is 33.9. The van der Waals surface area contributed by atoms with Gasteiger partial charge in [-0.25, -0.2) is 27.5 Å². The van der Waals surface area contributed by atoms with Crippen molar-refractivity contribution in [2.45, 2.75) is 6.54 Å². The lowest BCUT2D eigenvalue weighted by Gasteiger charge is -2.08. The molecule has 0 atom stereocenters. The normalized spacial score (nSPS) is 11.7. The first-order chi connectivity index (χ1) is 22.2. The number of aromatic nitrogens is 7. The number of H-pyrrole nitrogens is 2. The maximum Gasteiger partial charge on any atom is 0.255 e. The van der Waals surface area contributed by atoms with Crippen molar-refractivity contribution < 1.29 is 17.6 Å². The summed E-state index contributed by atoms with van der Waals surface area (Å²) < 4.78 is 40.1. The van der Waals surface area contributed by atoms with E-state index in [-0.39, 0.29) is 12.5 Å². The van der Waals surface area contributed by atoms with E-state index in [0.29, 0.717) is 67.4 Å². The molecular formula is C32H24FN9O3S. The van der Waals surface area contributed by atoms with Gasteiger partial charge in [-0.15, -0.1) is 0 Å². The lowest BCUT2D eigenvalue weighted by molar-refractivity contribution is 0.102. The Hall–Kier alpha value is -5.86. The third kappa shape index (κ3) is 5.94. The zero-order chi connectivity index (χ0) is 31.8. The Morgan fingerprint density at radius 2 is 1.80 bits per heavy atom. The number of pyridine rings is 3. The predicted molar refractivity (Wildman–Crippen MR) is 171 cm³/mol. The molecule has 12 nitrogen and oxygen atoms in total. The number of imidazole rings is 1. The lowest BCUT2D eigenvalue weighted by Crippen LogP contribution is -2.21. The van der Waals surface area contributed by atoms with Gasteiger partial charge in [0.1, 0.15) is 17.0 Å². The Balaban J connectivity index is 1.22. The topological polar surface area (TPSA) is 171 Å². The van der Waals surface area contributed by atoms with Crippen LogP contribution in [0.5, 0.6) is 0 Å². The summed E-state index contributed by atoms with van der Waals surface area (Å²) >= 11 is 0. The van der Waals surface area contributed by atoms with Crippen molar-refractivity contribution in [1.29, 1.82) is 0 Å². The van der Waals surface area contributed by atoms with Crippen LogP contribution in [-0.2, 0) is 16.6 Å². The monoisotopic (exact) mass is 633 g/mol. The molecule has 5 heterocycles. The summed E-state index contributed by atoms with van der Waals surface area (Å²) in [6.07, 6.45) is 7.50. The van der Waals surface area contributed by atoms with Crippen LogP contribution in [0.3, 0.4) is 0 Å². The molecule has 0 unspecified atom stereocenters. The number of fused-ring (bicyclic) bond motifs is 2. The zero-order valence-electron chi connectivity index (χ0n) is 24.1. The van der Waals surface area contributed by atoms with E-state index in [9.17, 15) is 17.6 Å². The smallest absolute Gasteiger partial charge is 0.255 e. The average molecular weight is 634 g/mol. The second kappa shape index (κ2) is 11.6. The van der Waals surface area contributed by atoms with Crippen LogP contribution in [0.2, 0.25) is 0 Å². The summed E-state index contributed by atoms with van der Waals surface area (Å²) in [6, 6.07) is 18.6. The van der Waals surface area contributed by atoms with Gasteiger partial charge in [0.25, 0.3) is 5.91 Å². The number of hydrogen-bond acceptors (Lipinski definition) is 8. The minimum Gasteiger partial charge on any atom is -0.321 e. The number of anilines is 1. The standard InChI is InChI=1S/C32H24FN9O3S/c1-46(44,45)37-14-18-9-20(11-22(33)10-18)24-7-8-35-30-28(24)39-31(40-30)29-25-13-26(36-17-27(25)41-42-29)21-12-23(16-34-15-21)38-32(43)19-5-3-2-4-6-19/h2-13,15-17,37H,14H2,1H3,(H,38,43)(H,41,42)(H,35,39,40). The fourth-order valence-electron chi connectivity index (χ4n) is 5.07. The molecule has 7 rings (SSSR count). The number of benzene rings is 2. The molecule has 4 N–H and O–H groups in total. The number of carbonyl (C=O) groups excluding carboxylic acids is 1. The molecule has 46 heavy (non-hydrogen) atoms. The summed E-state index contributed by atoms with van der Waals surface area (Å²) in [7, 11) is -3.46. The Labute approximate surface area is 261 Å². The number of rotatable bonds is 8. The molecule has 0 saturated heterocycles. The predicted octanol–water partition coefficient (Wildman–Crippen LogP) is 5.07. The van der Waals surface area contributed by atoms with E-state index >= 15 is 0 Å². The minimum absolute atomic E-state index is 0.0584. The molecule has 0 aliphatic heterocycles. The molecule has 0 radical (unpaired) electrons. The first kappa shape index (κ1) is 28.9. The van der Waals surface area contributed by atoms with Crippen molar-refractivity contribution in [1.82, 2.24) is 39.8 Å². The minimum atomic E-state index is -3.46. The van der Waals surface area contributed by atoms with E-state index in [4.69, 9.17) is 4.98 Å². The van der Waals surface area contributed by atoms with Crippen molar-refractivity contribution in [2.24, 2.45) is 0 Å². The average Bonchev–Trinajstić information content (AvgIpc) is 3.68. The Morgan fingerprint density at radius 3 is 2.63 bits per heavy atom. The van der Waals surface area contributed by atoms with E-state index in [1.165, 1.54) is 12.1 Å². The Morgan fingerprint density at radius 1 is 0.957 bits per heavy atom. The highest BCUT2D eigenvalue weighted by Gasteiger charge is 2.18. The highest BCUT2D eigenvalue weighted by Crippen LogP contribution is 2.33. The van der Waals surface area contributed by atoms with E-state index in [2.05, 4.69) is 40.2 Å². The first-order valence-electron chi connectivity index (χ1n) is 14.0. The third-order valence-electron chi connectivity index (χ3n) is 7.19. The van der Waals surface area contributed by atoms with Crippen LogP contribution in [0, 0.1) is 5.82 Å². The Kier molecular flexibility index (Phi) is 7.27. The molecule has 0 fully saturated rings. The van der Waals surface area contributed by atoms with Crippen molar-refractivity contribution >= 4 is 43.7 Å². The summed E-state index contributed by atoms with van der Waals surface area (Å²) in [5.74, 6) is -0.339. The van der Waals surface area contributed by atoms with Gasteiger partial charge in [0.05, 0.1) is 35.5 Å². The summed E-state index contributed by atoms with van der Waals surface area (Å²) in [5.41, 5.74) is 6.04. The summed E-state index contributed by atoms with van der Waals surface area (Å²) in [6.45, 7) is -0.0584. The number of hydrogen-bond donors (Lipinski definition) is 4. The van der Waals surface area contributed by atoms with E-state index < -0.39 is 15.8 Å². The molecule has 0 aliphatic carbocycles. The summed E-state index contributed by atoms with van der Waals surface area (Å²) in [5, 5.41) is 11.1. The lowest BCUT2D eigenvalue weighted by atomic mass is 10.0. The third-order valence-corrected chi connectivity index (χ3v) is 7.86. The molecular weight excluding hydrogens is 609 g/mol. The number of carbonyl (C=O) groups is 1. The van der Waals surface area contributed by atoms with Gasteiger partial charge in [-0.1, -0.05) is 18.2 Å². The molecule has 0 bridgehead atoms. The van der Waals surface area contributed by atoms with Crippen LogP contribution in [0.1, 0.15) is 15.9 Å². The van der Waals surface area contributed by atoms with Gasteiger partial charge >= 0.3 is 0 Å². The second-order valence-electron chi connectivity index (χ2n) is 10.6. The second-order valence-corrected chi connectivity index (χ2v) is 12.4. The van der Waals surface area contributed by atoms with Gasteiger partial charge in [-0.05, 0) is 59.7 Å². The Bertz CT molecular complexity index is 2370. The van der Waals surface area contributed by atoms with E-state index in [0.717, 1.165) is 11.6 Å². The van der Waals surface area contributed by atoms with Gasteiger partial charge in [-0.2, -0.15) is 5.10 Å². The molecule has 0 aliphatic rings. The number of nitrogens with zero attached hydrogens (tertiary/aromatic N) is 5. The zero-order valence-corrected chi connectivity index (χ0v) is 24.9. The van der Waals surface area contributed by atoms with E-state index in [1.807, 2.05) is 12.1 Å². The van der Waals surface area contributed by atoms with Crippen LogP contribution < -0.4 is 10.0 Å². The molecule has 1 amide bonds. The molecule has 228 valence electrons. The van der Waals surface area contributed by atoms with Gasteiger partial charge in [0.15, 0.2) is 11.5 Å². The number of amides is 1. The van der Waals surface area contributed by atoms with Gasteiger partial charge < -0.3 is 10.3 Å². The number of aromatic amines is 2. The molecule has 0 saturated carbocycles. The van der Waals surface area contributed by atoms with E-state index in [1.54, 1.807) is 67.3 Å². The van der Waals surface area contributed by atoms with Crippen molar-refractivity contribution in [3.8, 4) is 33.9 Å². The molecule has 14 heteroatoms. The fourth-order valence-corrected chi connectivity index (χ4v) is 5.50. The van der Waals surface area contributed by atoms with Crippen molar-refractivity contribution in [2.75, 3.05) is 11.6 Å². The first-order valence-corrected chi connectivity index (χ1v) is 15.8. The fraction of sp³-hybridized carbons (Fsp3) is 0.0625. The molecule has 2 aromatic carbocycles. The SMILES string of the molecule is CS(=O)(=O)NCc1cc(F)cc(-c2ccnc3[nH]c(-c4n[nH]c5cnc(-c6cncc(NC(=O)c7ccccc7)c6)cc45)nc23)c1. The number of sulfonamides is 1. The van der Waals surface area contributed by atoms with Crippen LogP contribution >= 0.6 is 0 Å². The van der Waals surface area contributed by atoms with Crippen molar-refractivity contribution in [3.05, 3.63) is 108 Å².